The Hall–Kier alpha value is -2.29. The molecule has 0 spiro atoms. The highest BCUT2D eigenvalue weighted by Gasteiger charge is 2.13. The summed E-state index contributed by atoms with van der Waals surface area (Å²) in [4.78, 5) is 12.2. The first kappa shape index (κ1) is 15.1. The normalized spacial score (nSPS) is 11.8. The maximum absolute atomic E-state index is 12.2. The van der Waals surface area contributed by atoms with Crippen molar-refractivity contribution in [3.05, 3.63) is 59.2 Å². The van der Waals surface area contributed by atoms with Crippen molar-refractivity contribution in [1.82, 2.24) is 0 Å². The average molecular weight is 282 g/mol. The van der Waals surface area contributed by atoms with E-state index >= 15 is 0 Å². The summed E-state index contributed by atoms with van der Waals surface area (Å²) >= 11 is 0. The molecule has 3 nitrogen and oxygen atoms in total. The first-order chi connectivity index (χ1) is 9.94. The Labute approximate surface area is 126 Å². The summed E-state index contributed by atoms with van der Waals surface area (Å²) in [7, 11) is 0. The number of carbonyl (C=O) groups is 1. The molecule has 0 saturated heterocycles. The van der Waals surface area contributed by atoms with Crippen molar-refractivity contribution in [2.24, 2.45) is 0 Å². The molecule has 0 aliphatic rings. The van der Waals surface area contributed by atoms with E-state index in [4.69, 9.17) is 0 Å². The molecule has 1 atom stereocenters. The summed E-state index contributed by atoms with van der Waals surface area (Å²) in [5.74, 6) is -0.0419. The van der Waals surface area contributed by atoms with Crippen LogP contribution in [0, 0.1) is 20.8 Å². The second kappa shape index (κ2) is 6.44. The molecule has 2 aromatic rings. The molecule has 0 aliphatic carbocycles. The second-order valence-electron chi connectivity index (χ2n) is 5.60. The van der Waals surface area contributed by atoms with Crippen molar-refractivity contribution >= 4 is 17.3 Å². The van der Waals surface area contributed by atoms with Gasteiger partial charge in [-0.15, -0.1) is 0 Å². The fourth-order valence-electron chi connectivity index (χ4n) is 2.35. The molecule has 2 N–H and O–H groups in total. The van der Waals surface area contributed by atoms with Gasteiger partial charge in [0.05, 0.1) is 0 Å². The van der Waals surface area contributed by atoms with Crippen LogP contribution in [0.2, 0.25) is 0 Å². The van der Waals surface area contributed by atoms with Crippen LogP contribution in [0.5, 0.6) is 0 Å². The molecule has 0 aromatic heterocycles. The highest BCUT2D eigenvalue weighted by Crippen LogP contribution is 2.16. The third-order valence-electron chi connectivity index (χ3n) is 3.28. The van der Waals surface area contributed by atoms with E-state index in [1.165, 1.54) is 11.1 Å². The Balaban J connectivity index is 2.02. The monoisotopic (exact) mass is 282 g/mol. The van der Waals surface area contributed by atoms with Crippen LogP contribution in [0.1, 0.15) is 23.6 Å². The molecule has 110 valence electrons. The lowest BCUT2D eigenvalue weighted by molar-refractivity contribution is -0.116. The molecular formula is C18H22N2O. The minimum atomic E-state index is -0.299. The Bertz CT molecular complexity index is 629. The van der Waals surface area contributed by atoms with Gasteiger partial charge in [0.1, 0.15) is 6.04 Å². The summed E-state index contributed by atoms with van der Waals surface area (Å²) in [6.45, 7) is 7.97. The van der Waals surface area contributed by atoms with Crippen LogP contribution in [-0.4, -0.2) is 11.9 Å². The van der Waals surface area contributed by atoms with Gasteiger partial charge in [0.15, 0.2) is 0 Å². The van der Waals surface area contributed by atoms with Crippen LogP contribution in [0.4, 0.5) is 11.4 Å². The summed E-state index contributed by atoms with van der Waals surface area (Å²) in [5.41, 5.74) is 5.30. The number of hydrogen-bond donors (Lipinski definition) is 2. The van der Waals surface area contributed by atoms with Crippen molar-refractivity contribution in [1.29, 1.82) is 0 Å². The molecule has 3 heteroatoms. The largest absolute Gasteiger partial charge is 0.374 e. The van der Waals surface area contributed by atoms with Crippen LogP contribution in [0.25, 0.3) is 0 Å². The number of nitrogens with one attached hydrogen (secondary N) is 2. The predicted octanol–water partition coefficient (Wildman–Crippen LogP) is 4.05. The smallest absolute Gasteiger partial charge is 0.246 e. The first-order valence-corrected chi connectivity index (χ1v) is 7.16. The van der Waals surface area contributed by atoms with E-state index < -0.39 is 0 Å². The van der Waals surface area contributed by atoms with E-state index in [-0.39, 0.29) is 11.9 Å². The van der Waals surface area contributed by atoms with Crippen LogP contribution in [0.3, 0.4) is 0 Å². The number of carbonyl (C=O) groups excluding carboxylic acids is 1. The summed E-state index contributed by atoms with van der Waals surface area (Å²) in [6, 6.07) is 13.7. The van der Waals surface area contributed by atoms with Crippen molar-refractivity contribution in [3.63, 3.8) is 0 Å². The van der Waals surface area contributed by atoms with E-state index in [1.807, 2.05) is 50.2 Å². The molecular weight excluding hydrogens is 260 g/mol. The number of rotatable bonds is 4. The molecule has 0 fully saturated rings. The van der Waals surface area contributed by atoms with E-state index in [9.17, 15) is 4.79 Å². The molecule has 1 unspecified atom stereocenters. The third-order valence-corrected chi connectivity index (χ3v) is 3.28. The summed E-state index contributed by atoms with van der Waals surface area (Å²) in [5, 5.41) is 6.18. The van der Waals surface area contributed by atoms with Crippen LogP contribution < -0.4 is 10.6 Å². The molecule has 0 aliphatic heterocycles. The quantitative estimate of drug-likeness (QED) is 0.888. The van der Waals surface area contributed by atoms with Gasteiger partial charge < -0.3 is 10.6 Å². The molecule has 0 saturated carbocycles. The van der Waals surface area contributed by atoms with E-state index in [0.29, 0.717) is 0 Å². The van der Waals surface area contributed by atoms with Crippen molar-refractivity contribution in [2.75, 3.05) is 10.6 Å². The minimum absolute atomic E-state index is 0.0419. The fourth-order valence-corrected chi connectivity index (χ4v) is 2.35. The minimum Gasteiger partial charge on any atom is -0.374 e. The predicted molar refractivity (Wildman–Crippen MR) is 88.8 cm³/mol. The standard InChI is InChI=1S/C18H22N2O/c1-12-6-5-7-16(9-12)20-18(21)15(4)19-17-10-13(2)8-14(3)11-17/h5-11,15,19H,1-4H3,(H,20,21). The van der Waals surface area contributed by atoms with Gasteiger partial charge in [-0.2, -0.15) is 0 Å². The third kappa shape index (κ3) is 4.35. The lowest BCUT2D eigenvalue weighted by Gasteiger charge is -2.16. The van der Waals surface area contributed by atoms with E-state index in [1.54, 1.807) is 0 Å². The topological polar surface area (TPSA) is 41.1 Å². The fraction of sp³-hybridized carbons (Fsp3) is 0.278. The number of aryl methyl sites for hydroxylation is 3. The molecule has 2 rings (SSSR count). The molecule has 0 heterocycles. The van der Waals surface area contributed by atoms with Crippen molar-refractivity contribution in [2.45, 2.75) is 33.7 Å². The first-order valence-electron chi connectivity index (χ1n) is 7.16. The number of hydrogen-bond acceptors (Lipinski definition) is 2. The van der Waals surface area contributed by atoms with Crippen molar-refractivity contribution in [3.8, 4) is 0 Å². The molecule has 2 aromatic carbocycles. The van der Waals surface area contributed by atoms with Gasteiger partial charge >= 0.3 is 0 Å². The Morgan fingerprint density at radius 1 is 0.905 bits per heavy atom. The van der Waals surface area contributed by atoms with Crippen LogP contribution >= 0.6 is 0 Å². The number of amides is 1. The van der Waals surface area contributed by atoms with Gasteiger partial charge in [-0.25, -0.2) is 0 Å². The SMILES string of the molecule is Cc1cccc(NC(=O)C(C)Nc2cc(C)cc(C)c2)c1. The highest BCUT2D eigenvalue weighted by molar-refractivity contribution is 5.96. The summed E-state index contributed by atoms with van der Waals surface area (Å²) in [6.07, 6.45) is 0. The van der Waals surface area contributed by atoms with E-state index in [0.717, 1.165) is 16.9 Å². The van der Waals surface area contributed by atoms with Gasteiger partial charge in [0, 0.05) is 11.4 Å². The van der Waals surface area contributed by atoms with Crippen molar-refractivity contribution < 1.29 is 4.79 Å². The number of anilines is 2. The molecule has 21 heavy (non-hydrogen) atoms. The van der Waals surface area contributed by atoms with Crippen LogP contribution in [-0.2, 0) is 4.79 Å². The maximum Gasteiger partial charge on any atom is 0.246 e. The second-order valence-corrected chi connectivity index (χ2v) is 5.60. The molecule has 1 amide bonds. The molecule has 0 radical (unpaired) electrons. The van der Waals surface area contributed by atoms with Gasteiger partial charge in [-0.1, -0.05) is 18.2 Å². The van der Waals surface area contributed by atoms with E-state index in [2.05, 4.69) is 30.5 Å². The Morgan fingerprint density at radius 2 is 1.52 bits per heavy atom. The average Bonchev–Trinajstić information content (AvgIpc) is 2.37. The van der Waals surface area contributed by atoms with Crippen LogP contribution in [0.15, 0.2) is 42.5 Å². The highest BCUT2D eigenvalue weighted by atomic mass is 16.2. The summed E-state index contributed by atoms with van der Waals surface area (Å²) < 4.78 is 0. The van der Waals surface area contributed by atoms with Gasteiger partial charge in [0.2, 0.25) is 5.91 Å². The Kier molecular flexibility index (Phi) is 4.63. The van der Waals surface area contributed by atoms with Gasteiger partial charge in [-0.05, 0) is 68.7 Å². The zero-order valence-corrected chi connectivity index (χ0v) is 13.0. The van der Waals surface area contributed by atoms with Gasteiger partial charge in [-0.3, -0.25) is 4.79 Å². The zero-order valence-electron chi connectivity index (χ0n) is 13.0. The lowest BCUT2D eigenvalue weighted by Crippen LogP contribution is -2.31. The lowest BCUT2D eigenvalue weighted by atomic mass is 10.1. The molecule has 0 bridgehead atoms. The van der Waals surface area contributed by atoms with Gasteiger partial charge in [0.25, 0.3) is 0 Å². The zero-order chi connectivity index (χ0) is 15.4. The maximum atomic E-state index is 12.2. The Morgan fingerprint density at radius 3 is 2.14 bits per heavy atom. The number of benzene rings is 2.